The first-order chi connectivity index (χ1) is 23.8. The predicted molar refractivity (Wildman–Crippen MR) is 186 cm³/mol. The summed E-state index contributed by atoms with van der Waals surface area (Å²) in [4.78, 5) is 43.7. The highest BCUT2D eigenvalue weighted by Crippen LogP contribution is 2.61. The largest absolute Gasteiger partial charge is 0.494 e. The summed E-state index contributed by atoms with van der Waals surface area (Å²) in [6.45, 7) is 3.93. The molecule has 11 nitrogen and oxygen atoms in total. The van der Waals surface area contributed by atoms with E-state index < -0.39 is 5.91 Å². The molecule has 0 bridgehead atoms. The first kappa shape index (κ1) is 29.3. The lowest BCUT2D eigenvalue weighted by atomic mass is 9.53. The van der Waals surface area contributed by atoms with Crippen LogP contribution in [0, 0.1) is 29.6 Å². The number of hydrogen-bond donors (Lipinski definition) is 1. The number of nitrogens with zero attached hydrogens (tertiary/aromatic N) is 7. The predicted octanol–water partition coefficient (Wildman–Crippen LogP) is 5.24. The molecule has 5 aliphatic rings. The molecule has 2 saturated heterocycles. The number of amides is 2. The van der Waals surface area contributed by atoms with E-state index in [2.05, 4.69) is 41.0 Å². The van der Waals surface area contributed by atoms with Gasteiger partial charge in [-0.2, -0.15) is 0 Å². The lowest BCUT2D eigenvalue weighted by Gasteiger charge is -2.52. The second kappa shape index (κ2) is 10.7. The Morgan fingerprint density at radius 2 is 1.80 bits per heavy atom. The van der Waals surface area contributed by atoms with E-state index in [1.807, 2.05) is 24.3 Å². The average Bonchev–Trinajstić information content (AvgIpc) is 3.73. The number of methoxy groups -OCH3 is 1. The van der Waals surface area contributed by atoms with E-state index in [0.717, 1.165) is 72.0 Å². The van der Waals surface area contributed by atoms with Gasteiger partial charge in [-0.15, -0.1) is 0 Å². The number of primary amides is 1. The zero-order valence-corrected chi connectivity index (χ0v) is 28.0. The monoisotopic (exact) mass is 676 g/mol. The summed E-state index contributed by atoms with van der Waals surface area (Å²) in [5.41, 5.74) is 9.86. The van der Waals surface area contributed by atoms with E-state index in [0.29, 0.717) is 52.5 Å². The number of aromatic nitrogens is 5. The molecule has 3 aromatic heterocycles. The third-order valence-corrected chi connectivity index (χ3v) is 12.1. The molecule has 3 aliphatic carbocycles. The second-order valence-corrected chi connectivity index (χ2v) is 15.3. The second-order valence-electron chi connectivity index (χ2n) is 14.8. The molecule has 4 atom stereocenters. The minimum atomic E-state index is -0.643. The first-order valence-corrected chi connectivity index (χ1v) is 17.8. The Morgan fingerprint density at radius 1 is 0.959 bits per heavy atom. The number of likely N-dealkylation sites (tertiary alicyclic amines) is 1. The quantitative estimate of drug-likeness (QED) is 0.227. The third kappa shape index (κ3) is 4.57. The molecule has 12 heteroatoms. The molecule has 2 amide bonds. The van der Waals surface area contributed by atoms with Gasteiger partial charge in [0.2, 0.25) is 5.82 Å². The van der Waals surface area contributed by atoms with Crippen molar-refractivity contribution in [2.45, 2.75) is 44.8 Å². The van der Waals surface area contributed by atoms with Gasteiger partial charge in [-0.3, -0.25) is 9.59 Å². The van der Waals surface area contributed by atoms with Crippen molar-refractivity contribution in [2.75, 3.05) is 31.6 Å². The molecule has 250 valence electrons. The standard InChI is InChI=1S/C37H37ClN8O3/c1-49-30-12-23(37(48)45-18-24-8-22-11-28(45)32(22)24)9-26-33(30)46(17-20-14-43(15-20)31-6-7-40-35(42-31)34(39)47)36(41-26)29-10-21-4-5-25(38)13-27(21)44(29)16-19-2-3-19/h4-7,9-10,12-13,19-20,22,24,28,32H,2-3,8,11,14-18H2,1H3,(H2,39,47)/t22?,24?,28?,32-/m1/s1. The van der Waals surface area contributed by atoms with Gasteiger partial charge in [-0.05, 0) is 85.8 Å². The van der Waals surface area contributed by atoms with Crippen molar-refractivity contribution in [3.63, 3.8) is 0 Å². The molecular formula is C37H37ClN8O3. The van der Waals surface area contributed by atoms with Crippen LogP contribution in [-0.2, 0) is 13.1 Å². The molecule has 5 fully saturated rings. The Labute approximate surface area is 288 Å². The number of fused-ring (bicyclic) bond motifs is 2. The number of nitrogens with two attached hydrogens (primary N) is 1. The number of anilines is 1. The minimum absolute atomic E-state index is 0.0150. The number of carbonyl (C=O) groups is 2. The molecule has 3 unspecified atom stereocenters. The summed E-state index contributed by atoms with van der Waals surface area (Å²) >= 11 is 6.53. The number of hydrogen-bond acceptors (Lipinski definition) is 7. The van der Waals surface area contributed by atoms with E-state index in [1.54, 1.807) is 19.4 Å². The summed E-state index contributed by atoms with van der Waals surface area (Å²) in [6.07, 6.45) is 6.41. The van der Waals surface area contributed by atoms with Gasteiger partial charge in [0.15, 0.2) is 5.82 Å². The van der Waals surface area contributed by atoms with Crippen molar-refractivity contribution < 1.29 is 14.3 Å². The topological polar surface area (TPSA) is 124 Å². The zero-order chi connectivity index (χ0) is 33.1. The van der Waals surface area contributed by atoms with Crippen molar-refractivity contribution >= 4 is 51.2 Å². The van der Waals surface area contributed by atoms with Gasteiger partial charge in [-0.1, -0.05) is 17.7 Å². The van der Waals surface area contributed by atoms with E-state index in [-0.39, 0.29) is 17.6 Å². The Balaban J connectivity index is 1.06. The van der Waals surface area contributed by atoms with E-state index in [4.69, 9.17) is 27.1 Å². The van der Waals surface area contributed by atoms with Crippen LogP contribution < -0.4 is 15.4 Å². The number of halogens is 1. The molecule has 49 heavy (non-hydrogen) atoms. The van der Waals surface area contributed by atoms with Crippen LogP contribution in [0.4, 0.5) is 5.82 Å². The van der Waals surface area contributed by atoms with Crippen LogP contribution in [0.1, 0.15) is 46.7 Å². The van der Waals surface area contributed by atoms with E-state index in [9.17, 15) is 9.59 Å². The van der Waals surface area contributed by atoms with Crippen LogP contribution in [0.5, 0.6) is 5.75 Å². The zero-order valence-electron chi connectivity index (χ0n) is 27.3. The normalized spacial score (nSPS) is 24.1. The van der Waals surface area contributed by atoms with Crippen molar-refractivity contribution in [2.24, 2.45) is 35.3 Å². The number of benzene rings is 2. The Bertz CT molecular complexity index is 2200. The maximum Gasteiger partial charge on any atom is 0.286 e. The maximum atomic E-state index is 14.1. The molecule has 2 N–H and O–H groups in total. The smallest absolute Gasteiger partial charge is 0.286 e. The Morgan fingerprint density at radius 3 is 2.55 bits per heavy atom. The SMILES string of the molecule is COc1cc(C(=O)N2CC3CC4CC2[C@H]43)cc2nc(-c3cc4ccc(Cl)cc4n3CC3CC3)n(CC3CN(c4ccnc(C(N)=O)n4)C3)c12. The van der Waals surface area contributed by atoms with Crippen LogP contribution in [0.15, 0.2) is 48.7 Å². The highest BCUT2D eigenvalue weighted by molar-refractivity contribution is 6.31. The first-order valence-electron chi connectivity index (χ1n) is 17.4. The van der Waals surface area contributed by atoms with Gasteiger partial charge in [0.25, 0.3) is 11.8 Å². The maximum absolute atomic E-state index is 14.1. The molecule has 2 aromatic carbocycles. The van der Waals surface area contributed by atoms with E-state index in [1.165, 1.54) is 19.3 Å². The molecule has 5 aromatic rings. The molecule has 0 spiro atoms. The Kier molecular flexibility index (Phi) is 6.38. The van der Waals surface area contributed by atoms with Gasteiger partial charge in [-0.25, -0.2) is 15.0 Å². The molecule has 0 radical (unpaired) electrons. The number of carbonyl (C=O) groups excluding carboxylic acids is 2. The summed E-state index contributed by atoms with van der Waals surface area (Å²) < 4.78 is 10.7. The third-order valence-electron chi connectivity index (χ3n) is 11.9. The fraction of sp³-hybridized carbons (Fsp3) is 0.432. The summed E-state index contributed by atoms with van der Waals surface area (Å²) in [7, 11) is 1.68. The van der Waals surface area contributed by atoms with Crippen molar-refractivity contribution in [3.8, 4) is 17.3 Å². The highest BCUT2D eigenvalue weighted by Gasteiger charge is 2.61. The lowest BCUT2D eigenvalue weighted by molar-refractivity contribution is -0.0204. The molecule has 5 heterocycles. The van der Waals surface area contributed by atoms with Gasteiger partial charge in [0.05, 0.1) is 23.8 Å². The highest BCUT2D eigenvalue weighted by atomic mass is 35.5. The van der Waals surface area contributed by atoms with Crippen molar-refractivity contribution in [1.82, 2.24) is 29.0 Å². The van der Waals surface area contributed by atoms with Gasteiger partial charge >= 0.3 is 0 Å². The van der Waals surface area contributed by atoms with Crippen LogP contribution in [-0.4, -0.2) is 73.6 Å². The summed E-state index contributed by atoms with van der Waals surface area (Å²) in [6, 6.07) is 14.4. The Hall–Kier alpha value is -4.64. The molecule has 2 aliphatic heterocycles. The number of rotatable bonds is 9. The van der Waals surface area contributed by atoms with Crippen LogP contribution in [0.3, 0.4) is 0 Å². The lowest BCUT2D eigenvalue weighted by Crippen LogP contribution is -2.53. The van der Waals surface area contributed by atoms with Gasteiger partial charge in [0.1, 0.15) is 17.1 Å². The van der Waals surface area contributed by atoms with Crippen LogP contribution in [0.2, 0.25) is 5.02 Å². The molecule has 10 rings (SSSR count). The summed E-state index contributed by atoms with van der Waals surface area (Å²) in [5.74, 6) is 4.74. The van der Waals surface area contributed by atoms with Crippen LogP contribution in [0.25, 0.3) is 33.5 Å². The van der Waals surface area contributed by atoms with Gasteiger partial charge in [0, 0.05) is 66.9 Å². The molecule has 3 saturated carbocycles. The fourth-order valence-electron chi connectivity index (χ4n) is 9.19. The van der Waals surface area contributed by atoms with Crippen molar-refractivity contribution in [1.29, 1.82) is 0 Å². The fourth-order valence-corrected chi connectivity index (χ4v) is 9.36. The minimum Gasteiger partial charge on any atom is -0.494 e. The number of imidazole rings is 1. The number of ether oxygens (including phenoxy) is 1. The average molecular weight is 677 g/mol. The van der Waals surface area contributed by atoms with Gasteiger partial charge < -0.3 is 29.4 Å². The van der Waals surface area contributed by atoms with E-state index >= 15 is 0 Å². The summed E-state index contributed by atoms with van der Waals surface area (Å²) in [5, 5.41) is 1.83. The molecular weight excluding hydrogens is 640 g/mol. The van der Waals surface area contributed by atoms with Crippen molar-refractivity contribution in [3.05, 3.63) is 65.1 Å². The van der Waals surface area contributed by atoms with Crippen LogP contribution >= 0.6 is 11.6 Å².